The second-order valence-electron chi connectivity index (χ2n) is 5.09. The van der Waals surface area contributed by atoms with Crippen LogP contribution in [0.5, 0.6) is 0 Å². The number of benzene rings is 1. The van der Waals surface area contributed by atoms with E-state index in [0.29, 0.717) is 13.1 Å². The molecule has 100 valence electrons. The lowest BCUT2D eigenvalue weighted by molar-refractivity contribution is -0.191. The van der Waals surface area contributed by atoms with Crippen molar-refractivity contribution in [3.05, 3.63) is 35.9 Å². The molecule has 1 heterocycles. The van der Waals surface area contributed by atoms with E-state index >= 15 is 0 Å². The molecular formula is C13H17F3N2. The zero-order valence-corrected chi connectivity index (χ0v) is 10.2. The number of rotatable bonds is 2. The van der Waals surface area contributed by atoms with Gasteiger partial charge in [-0.3, -0.25) is 4.90 Å². The second kappa shape index (κ2) is 4.55. The van der Waals surface area contributed by atoms with E-state index in [4.69, 9.17) is 5.73 Å². The van der Waals surface area contributed by atoms with Crippen LogP contribution in [-0.4, -0.2) is 29.7 Å². The van der Waals surface area contributed by atoms with Crippen LogP contribution in [0.15, 0.2) is 30.3 Å². The summed E-state index contributed by atoms with van der Waals surface area (Å²) in [5.41, 5.74) is 4.49. The number of hydrogen-bond acceptors (Lipinski definition) is 2. The average Bonchev–Trinajstić information content (AvgIpc) is 2.56. The molecule has 0 spiro atoms. The highest BCUT2D eigenvalue weighted by atomic mass is 19.4. The Bertz CT molecular complexity index is 404. The molecule has 1 aliphatic heterocycles. The van der Waals surface area contributed by atoms with Gasteiger partial charge in [-0.05, 0) is 11.5 Å². The molecule has 2 atom stereocenters. The number of hydrogen-bond donors (Lipinski definition) is 1. The molecular weight excluding hydrogens is 241 g/mol. The lowest BCUT2D eigenvalue weighted by Crippen LogP contribution is -2.58. The van der Waals surface area contributed by atoms with Gasteiger partial charge in [-0.25, -0.2) is 0 Å². The van der Waals surface area contributed by atoms with Crippen LogP contribution in [0.4, 0.5) is 13.2 Å². The van der Waals surface area contributed by atoms with Crippen LogP contribution in [0.1, 0.15) is 12.5 Å². The summed E-state index contributed by atoms with van der Waals surface area (Å²) in [7, 11) is 0. The lowest BCUT2D eigenvalue weighted by Gasteiger charge is -2.30. The molecule has 0 saturated carbocycles. The van der Waals surface area contributed by atoms with Crippen molar-refractivity contribution in [1.82, 2.24) is 4.90 Å². The first kappa shape index (κ1) is 13.4. The second-order valence-corrected chi connectivity index (χ2v) is 5.09. The van der Waals surface area contributed by atoms with Crippen molar-refractivity contribution in [3.63, 3.8) is 0 Å². The molecule has 1 aromatic rings. The van der Waals surface area contributed by atoms with E-state index in [0.717, 1.165) is 5.56 Å². The predicted molar refractivity (Wildman–Crippen MR) is 63.9 cm³/mol. The maximum absolute atomic E-state index is 13.0. The Morgan fingerprint density at radius 1 is 1.33 bits per heavy atom. The van der Waals surface area contributed by atoms with Gasteiger partial charge in [-0.1, -0.05) is 37.3 Å². The first-order valence-electron chi connectivity index (χ1n) is 5.95. The molecule has 1 aliphatic rings. The summed E-state index contributed by atoms with van der Waals surface area (Å²) in [4.78, 5) is 1.77. The van der Waals surface area contributed by atoms with E-state index in [-0.39, 0.29) is 6.54 Å². The Balaban J connectivity index is 2.08. The third-order valence-electron chi connectivity index (χ3n) is 3.67. The van der Waals surface area contributed by atoms with Crippen molar-refractivity contribution in [2.75, 3.05) is 13.1 Å². The van der Waals surface area contributed by atoms with Crippen molar-refractivity contribution in [3.8, 4) is 0 Å². The highest BCUT2D eigenvalue weighted by Crippen LogP contribution is 2.39. The van der Waals surface area contributed by atoms with E-state index in [1.807, 2.05) is 30.3 Å². The summed E-state index contributed by atoms with van der Waals surface area (Å²) in [5.74, 6) is -0.582. The summed E-state index contributed by atoms with van der Waals surface area (Å²) in [6.45, 7) is 2.33. The Labute approximate surface area is 105 Å². The Kier molecular flexibility index (Phi) is 3.38. The van der Waals surface area contributed by atoms with Crippen LogP contribution in [0, 0.1) is 5.92 Å². The number of halogens is 3. The number of likely N-dealkylation sites (tertiary alicyclic amines) is 1. The quantitative estimate of drug-likeness (QED) is 0.882. The molecule has 2 N–H and O–H groups in total. The SMILES string of the molecule is C[C@@H]1CN(Cc2ccccc2)C[C@@]1(N)C(F)(F)F. The number of nitrogens with two attached hydrogens (primary N) is 1. The van der Waals surface area contributed by atoms with Gasteiger partial charge in [0.25, 0.3) is 0 Å². The maximum atomic E-state index is 13.0. The van der Waals surface area contributed by atoms with Crippen molar-refractivity contribution in [1.29, 1.82) is 0 Å². The zero-order valence-electron chi connectivity index (χ0n) is 10.2. The summed E-state index contributed by atoms with van der Waals surface area (Å²) in [6.07, 6.45) is -4.35. The van der Waals surface area contributed by atoms with Crippen LogP contribution in [0.25, 0.3) is 0 Å². The lowest BCUT2D eigenvalue weighted by atomic mass is 9.89. The topological polar surface area (TPSA) is 29.3 Å². The van der Waals surface area contributed by atoms with Crippen LogP contribution in [0.2, 0.25) is 0 Å². The first-order chi connectivity index (χ1) is 8.33. The summed E-state index contributed by atoms with van der Waals surface area (Å²) in [6, 6.07) is 9.48. The number of alkyl halides is 3. The molecule has 0 unspecified atom stereocenters. The molecule has 0 bridgehead atoms. The Hall–Kier alpha value is -1.07. The summed E-state index contributed by atoms with van der Waals surface area (Å²) < 4.78 is 38.9. The van der Waals surface area contributed by atoms with Gasteiger partial charge in [0.15, 0.2) is 0 Å². The molecule has 0 radical (unpaired) electrons. The largest absolute Gasteiger partial charge is 0.407 e. The summed E-state index contributed by atoms with van der Waals surface area (Å²) in [5, 5.41) is 0. The van der Waals surface area contributed by atoms with Gasteiger partial charge in [0.1, 0.15) is 5.54 Å². The van der Waals surface area contributed by atoms with E-state index in [2.05, 4.69) is 0 Å². The molecule has 1 aromatic carbocycles. The van der Waals surface area contributed by atoms with Crippen molar-refractivity contribution < 1.29 is 13.2 Å². The Morgan fingerprint density at radius 3 is 2.44 bits per heavy atom. The zero-order chi connectivity index (χ0) is 13.4. The van der Waals surface area contributed by atoms with Gasteiger partial charge in [0, 0.05) is 19.6 Å². The van der Waals surface area contributed by atoms with Crippen molar-refractivity contribution in [2.24, 2.45) is 11.7 Å². The van der Waals surface area contributed by atoms with Gasteiger partial charge < -0.3 is 5.73 Å². The van der Waals surface area contributed by atoms with Crippen molar-refractivity contribution in [2.45, 2.75) is 25.2 Å². The van der Waals surface area contributed by atoms with Crippen molar-refractivity contribution >= 4 is 0 Å². The molecule has 1 saturated heterocycles. The molecule has 18 heavy (non-hydrogen) atoms. The normalized spacial score (nSPS) is 29.7. The van der Waals surface area contributed by atoms with Gasteiger partial charge in [0.2, 0.25) is 0 Å². The summed E-state index contributed by atoms with van der Waals surface area (Å²) >= 11 is 0. The third kappa shape index (κ3) is 2.37. The molecule has 0 aromatic heterocycles. The fraction of sp³-hybridized carbons (Fsp3) is 0.538. The van der Waals surface area contributed by atoms with Crippen LogP contribution in [0.3, 0.4) is 0 Å². The van der Waals surface area contributed by atoms with E-state index in [9.17, 15) is 13.2 Å². The molecule has 2 rings (SSSR count). The van der Waals surface area contributed by atoms with E-state index < -0.39 is 17.6 Å². The fourth-order valence-electron chi connectivity index (χ4n) is 2.47. The van der Waals surface area contributed by atoms with Gasteiger partial charge in [0.05, 0.1) is 0 Å². The first-order valence-corrected chi connectivity index (χ1v) is 5.95. The molecule has 0 amide bonds. The smallest absolute Gasteiger partial charge is 0.316 e. The minimum Gasteiger partial charge on any atom is -0.316 e. The highest BCUT2D eigenvalue weighted by Gasteiger charge is 2.59. The monoisotopic (exact) mass is 258 g/mol. The van der Waals surface area contributed by atoms with Crippen LogP contribution in [-0.2, 0) is 6.54 Å². The maximum Gasteiger partial charge on any atom is 0.407 e. The van der Waals surface area contributed by atoms with Crippen LogP contribution < -0.4 is 5.73 Å². The van der Waals surface area contributed by atoms with Gasteiger partial charge in [-0.2, -0.15) is 13.2 Å². The molecule has 5 heteroatoms. The predicted octanol–water partition coefficient (Wildman–Crippen LogP) is 2.40. The van der Waals surface area contributed by atoms with E-state index in [1.165, 1.54) is 0 Å². The van der Waals surface area contributed by atoms with Crippen LogP contribution >= 0.6 is 0 Å². The standard InChI is InChI=1S/C13H17F3N2/c1-10-7-18(8-11-5-3-2-4-6-11)9-12(10,17)13(14,15)16/h2-6,10H,7-9,17H2,1H3/t10-,12+/m1/s1. The molecule has 0 aliphatic carbocycles. The highest BCUT2D eigenvalue weighted by molar-refractivity contribution is 5.15. The van der Waals surface area contributed by atoms with Gasteiger partial charge >= 0.3 is 6.18 Å². The fourth-order valence-corrected chi connectivity index (χ4v) is 2.47. The molecule has 1 fully saturated rings. The minimum absolute atomic E-state index is 0.132. The van der Waals surface area contributed by atoms with E-state index in [1.54, 1.807) is 11.8 Å². The molecule has 2 nitrogen and oxygen atoms in total. The Morgan fingerprint density at radius 2 is 1.94 bits per heavy atom. The van der Waals surface area contributed by atoms with Gasteiger partial charge in [-0.15, -0.1) is 0 Å². The third-order valence-corrected chi connectivity index (χ3v) is 3.67. The minimum atomic E-state index is -4.35. The number of nitrogens with zero attached hydrogens (tertiary/aromatic N) is 1. The average molecular weight is 258 g/mol.